The third-order valence-corrected chi connectivity index (χ3v) is 2.58. The fraction of sp³-hybridized carbons (Fsp3) is 0.0833. The largest absolute Gasteiger partial charge is 0.265 e. The van der Waals surface area contributed by atoms with Gasteiger partial charge in [-0.1, -0.05) is 11.6 Å². The summed E-state index contributed by atoms with van der Waals surface area (Å²) in [6.45, 7) is 0. The van der Waals surface area contributed by atoms with E-state index >= 15 is 0 Å². The first-order valence-electron chi connectivity index (χ1n) is 5.04. The lowest BCUT2D eigenvalue weighted by atomic mass is 10.1. The predicted octanol–water partition coefficient (Wildman–Crippen LogP) is 2.85. The predicted molar refractivity (Wildman–Crippen MR) is 66.5 cm³/mol. The molecule has 0 aliphatic rings. The van der Waals surface area contributed by atoms with Gasteiger partial charge in [0.15, 0.2) is 12.0 Å². The summed E-state index contributed by atoms with van der Waals surface area (Å²) in [7, 11) is 1.56. The third-order valence-electron chi connectivity index (χ3n) is 2.35. The summed E-state index contributed by atoms with van der Waals surface area (Å²) in [4.78, 5) is 1.26. The molecule has 0 fully saturated rings. The van der Waals surface area contributed by atoms with Gasteiger partial charge in [0.2, 0.25) is 0 Å². The van der Waals surface area contributed by atoms with Gasteiger partial charge in [0.05, 0.1) is 5.69 Å². The highest BCUT2D eigenvalue weighted by atomic mass is 35.5. The van der Waals surface area contributed by atoms with Crippen LogP contribution in [0, 0.1) is 17.3 Å². The van der Waals surface area contributed by atoms with E-state index in [-0.39, 0.29) is 5.56 Å². The van der Waals surface area contributed by atoms with Crippen molar-refractivity contribution < 1.29 is 4.39 Å². The molecule has 1 aromatic heterocycles. The summed E-state index contributed by atoms with van der Waals surface area (Å²) < 4.78 is 13.6. The van der Waals surface area contributed by atoms with E-state index in [1.807, 2.05) is 6.19 Å². The maximum atomic E-state index is 13.6. The van der Waals surface area contributed by atoms with Gasteiger partial charge in [-0.3, -0.25) is 4.90 Å². The molecule has 0 saturated carbocycles. The monoisotopic (exact) mass is 262 g/mol. The Kier molecular flexibility index (Phi) is 3.40. The van der Waals surface area contributed by atoms with Crippen molar-refractivity contribution in [1.82, 2.24) is 10.2 Å². The summed E-state index contributed by atoms with van der Waals surface area (Å²) in [5.41, 5.74) is 0.645. The molecule has 1 heterocycles. The normalized spacial score (nSPS) is 9.89. The molecule has 2 aromatic rings. The van der Waals surface area contributed by atoms with E-state index in [1.54, 1.807) is 19.2 Å². The number of nitriles is 1. The smallest absolute Gasteiger partial charge is 0.185 e. The maximum absolute atomic E-state index is 13.6. The standard InChI is InChI=1S/C12H8ClFN4/c1-18(7-15)12-5-4-11(16-17-12)9-6-8(13)2-3-10(9)14/h2-6H,1H3. The number of benzene rings is 1. The number of halogens is 2. The number of nitrogens with zero attached hydrogens (tertiary/aromatic N) is 4. The first-order valence-corrected chi connectivity index (χ1v) is 5.42. The fourth-order valence-corrected chi connectivity index (χ4v) is 1.56. The number of hydrogen-bond acceptors (Lipinski definition) is 4. The van der Waals surface area contributed by atoms with E-state index in [9.17, 15) is 4.39 Å². The van der Waals surface area contributed by atoms with Crippen molar-refractivity contribution in [2.75, 3.05) is 11.9 Å². The van der Waals surface area contributed by atoms with Crippen molar-refractivity contribution in [3.05, 3.63) is 41.2 Å². The van der Waals surface area contributed by atoms with Crippen LogP contribution in [0.5, 0.6) is 0 Å². The zero-order valence-corrected chi connectivity index (χ0v) is 10.2. The van der Waals surface area contributed by atoms with Gasteiger partial charge in [0.25, 0.3) is 0 Å². The summed E-state index contributed by atoms with van der Waals surface area (Å²) in [5, 5.41) is 16.8. The summed E-state index contributed by atoms with van der Waals surface area (Å²) >= 11 is 5.80. The van der Waals surface area contributed by atoms with Gasteiger partial charge < -0.3 is 0 Å². The van der Waals surface area contributed by atoms with Crippen molar-refractivity contribution in [3.63, 3.8) is 0 Å². The van der Waals surface area contributed by atoms with Crippen LogP contribution < -0.4 is 4.90 Å². The molecule has 2 rings (SSSR count). The number of aromatic nitrogens is 2. The molecule has 1 aromatic carbocycles. The third kappa shape index (κ3) is 2.39. The molecule has 0 amide bonds. The van der Waals surface area contributed by atoms with Gasteiger partial charge in [-0.25, -0.2) is 4.39 Å². The second kappa shape index (κ2) is 4.98. The van der Waals surface area contributed by atoms with E-state index in [0.29, 0.717) is 16.5 Å². The molecular weight excluding hydrogens is 255 g/mol. The van der Waals surface area contributed by atoms with E-state index in [1.165, 1.54) is 23.1 Å². The zero-order chi connectivity index (χ0) is 13.1. The molecule has 4 nitrogen and oxygen atoms in total. The Hall–Kier alpha value is -2.19. The van der Waals surface area contributed by atoms with Gasteiger partial charge in [-0.2, -0.15) is 5.26 Å². The fourth-order valence-electron chi connectivity index (χ4n) is 1.39. The van der Waals surface area contributed by atoms with Crippen molar-refractivity contribution in [2.24, 2.45) is 0 Å². The van der Waals surface area contributed by atoms with E-state index in [4.69, 9.17) is 16.9 Å². The summed E-state index contributed by atoms with van der Waals surface area (Å²) in [6, 6.07) is 7.39. The van der Waals surface area contributed by atoms with Crippen LogP contribution in [0.3, 0.4) is 0 Å². The molecule has 0 aliphatic carbocycles. The lowest BCUT2D eigenvalue weighted by Crippen LogP contribution is -2.10. The minimum Gasteiger partial charge on any atom is -0.265 e. The van der Waals surface area contributed by atoms with Gasteiger partial charge >= 0.3 is 0 Å². The zero-order valence-electron chi connectivity index (χ0n) is 9.43. The average molecular weight is 263 g/mol. The van der Waals surface area contributed by atoms with Crippen molar-refractivity contribution in [3.8, 4) is 17.5 Å². The van der Waals surface area contributed by atoms with Crippen molar-refractivity contribution >= 4 is 17.4 Å². The van der Waals surface area contributed by atoms with Gasteiger partial charge in [-0.15, -0.1) is 10.2 Å². The molecule has 0 atom stereocenters. The molecule has 0 unspecified atom stereocenters. The second-order valence-electron chi connectivity index (χ2n) is 3.56. The van der Waals surface area contributed by atoms with Gasteiger partial charge in [0.1, 0.15) is 5.82 Å². The van der Waals surface area contributed by atoms with Crippen LogP contribution >= 0.6 is 11.6 Å². The lowest BCUT2D eigenvalue weighted by molar-refractivity contribution is 0.630. The number of rotatable bonds is 2. The van der Waals surface area contributed by atoms with Gasteiger partial charge in [0, 0.05) is 17.6 Å². The van der Waals surface area contributed by atoms with Crippen LogP contribution in [0.1, 0.15) is 0 Å². The number of hydrogen-bond donors (Lipinski definition) is 0. The maximum Gasteiger partial charge on any atom is 0.185 e. The van der Waals surface area contributed by atoms with Crippen LogP contribution in [0.2, 0.25) is 5.02 Å². The molecule has 0 bridgehead atoms. The first-order chi connectivity index (χ1) is 8.61. The highest BCUT2D eigenvalue weighted by Crippen LogP contribution is 2.24. The van der Waals surface area contributed by atoms with Crippen LogP contribution in [-0.4, -0.2) is 17.2 Å². The lowest BCUT2D eigenvalue weighted by Gasteiger charge is -2.07. The summed E-state index contributed by atoms with van der Waals surface area (Å²) in [6.07, 6.45) is 1.90. The Morgan fingerprint density at radius 3 is 2.67 bits per heavy atom. The molecule has 90 valence electrons. The van der Waals surface area contributed by atoms with Crippen LogP contribution in [0.15, 0.2) is 30.3 Å². The molecule has 0 spiro atoms. The van der Waals surface area contributed by atoms with E-state index < -0.39 is 5.82 Å². The average Bonchev–Trinajstić information content (AvgIpc) is 2.41. The minimum atomic E-state index is -0.421. The molecular formula is C12H8ClFN4. The Morgan fingerprint density at radius 1 is 1.28 bits per heavy atom. The second-order valence-corrected chi connectivity index (χ2v) is 4.00. The van der Waals surface area contributed by atoms with E-state index in [0.717, 1.165) is 0 Å². The Bertz CT molecular complexity index is 606. The Balaban J connectivity index is 2.41. The minimum absolute atomic E-state index is 0.279. The van der Waals surface area contributed by atoms with Crippen LogP contribution in [0.4, 0.5) is 10.2 Å². The topological polar surface area (TPSA) is 52.8 Å². The van der Waals surface area contributed by atoms with Gasteiger partial charge in [-0.05, 0) is 30.3 Å². The quantitative estimate of drug-likeness (QED) is 0.617. The molecule has 0 radical (unpaired) electrons. The van der Waals surface area contributed by atoms with Crippen molar-refractivity contribution in [1.29, 1.82) is 5.26 Å². The van der Waals surface area contributed by atoms with E-state index in [2.05, 4.69) is 10.2 Å². The highest BCUT2D eigenvalue weighted by Gasteiger charge is 2.09. The van der Waals surface area contributed by atoms with Crippen LogP contribution in [-0.2, 0) is 0 Å². The molecule has 0 saturated heterocycles. The Labute approximate surface area is 108 Å². The molecule has 0 aliphatic heterocycles. The highest BCUT2D eigenvalue weighted by molar-refractivity contribution is 6.30. The molecule has 0 N–H and O–H groups in total. The van der Waals surface area contributed by atoms with Crippen LogP contribution in [0.25, 0.3) is 11.3 Å². The summed E-state index contributed by atoms with van der Waals surface area (Å²) in [5.74, 6) is -0.0289. The van der Waals surface area contributed by atoms with Crippen molar-refractivity contribution in [2.45, 2.75) is 0 Å². The Morgan fingerprint density at radius 2 is 2.06 bits per heavy atom. The number of anilines is 1. The molecule has 18 heavy (non-hydrogen) atoms. The molecule has 6 heteroatoms. The first kappa shape index (κ1) is 12.3. The SMILES string of the molecule is CN(C#N)c1ccc(-c2cc(Cl)ccc2F)nn1.